The van der Waals surface area contributed by atoms with Crippen molar-refractivity contribution in [2.24, 2.45) is 0 Å². The van der Waals surface area contributed by atoms with Crippen LogP contribution in [0.5, 0.6) is 0 Å². The first kappa shape index (κ1) is 23.2. The van der Waals surface area contributed by atoms with E-state index in [2.05, 4.69) is 10.6 Å². The van der Waals surface area contributed by atoms with Crippen molar-refractivity contribution in [2.45, 2.75) is 6.92 Å². The standard InChI is InChI=1S/C23H17Cl2FN2O4/c1-12-2-3-13(23(32)27-11-21(29)30)8-17(12)22(31)16-6-5-15(10-18(16)25)28-20-7-4-14(24)9-19(20)26/h2-10,28H,11H2,1H3,(H,27,32)(H,29,30). The highest BCUT2D eigenvalue weighted by Crippen LogP contribution is 2.28. The second-order valence-corrected chi connectivity index (χ2v) is 7.72. The van der Waals surface area contributed by atoms with Crippen LogP contribution >= 0.6 is 23.2 Å². The van der Waals surface area contributed by atoms with E-state index in [9.17, 15) is 18.8 Å². The molecule has 164 valence electrons. The topological polar surface area (TPSA) is 95.5 Å². The van der Waals surface area contributed by atoms with Gasteiger partial charge in [0.1, 0.15) is 12.4 Å². The molecule has 0 saturated heterocycles. The molecule has 3 aromatic carbocycles. The van der Waals surface area contributed by atoms with Gasteiger partial charge < -0.3 is 15.7 Å². The van der Waals surface area contributed by atoms with Crippen molar-refractivity contribution >= 4 is 52.2 Å². The zero-order valence-corrected chi connectivity index (χ0v) is 18.2. The number of rotatable bonds is 7. The van der Waals surface area contributed by atoms with Crippen molar-refractivity contribution in [1.82, 2.24) is 5.32 Å². The molecule has 0 radical (unpaired) electrons. The average molecular weight is 475 g/mol. The first-order valence-electron chi connectivity index (χ1n) is 9.32. The van der Waals surface area contributed by atoms with Gasteiger partial charge in [-0.25, -0.2) is 4.39 Å². The number of hydrogen-bond acceptors (Lipinski definition) is 4. The Kier molecular flexibility index (Phi) is 7.12. The first-order valence-corrected chi connectivity index (χ1v) is 10.1. The molecule has 0 aliphatic carbocycles. The number of benzene rings is 3. The Bertz CT molecular complexity index is 1230. The molecule has 0 atom stereocenters. The molecule has 0 fully saturated rings. The van der Waals surface area contributed by atoms with E-state index in [1.54, 1.807) is 19.1 Å². The maximum Gasteiger partial charge on any atom is 0.322 e. The summed E-state index contributed by atoms with van der Waals surface area (Å²) in [6.07, 6.45) is 0. The number of carbonyl (C=O) groups is 3. The van der Waals surface area contributed by atoms with Gasteiger partial charge in [-0.1, -0.05) is 29.3 Å². The van der Waals surface area contributed by atoms with Gasteiger partial charge in [0.25, 0.3) is 5.91 Å². The molecule has 9 heteroatoms. The van der Waals surface area contributed by atoms with Crippen molar-refractivity contribution in [3.05, 3.63) is 92.7 Å². The van der Waals surface area contributed by atoms with Crippen LogP contribution in [0, 0.1) is 12.7 Å². The molecule has 32 heavy (non-hydrogen) atoms. The molecule has 3 aromatic rings. The number of carboxylic acids is 1. The molecule has 0 aliphatic heterocycles. The lowest BCUT2D eigenvalue weighted by Gasteiger charge is -2.12. The van der Waals surface area contributed by atoms with E-state index in [0.717, 1.165) is 0 Å². The lowest BCUT2D eigenvalue weighted by molar-refractivity contribution is -0.135. The summed E-state index contributed by atoms with van der Waals surface area (Å²) < 4.78 is 14.0. The van der Waals surface area contributed by atoms with Crippen LogP contribution in [0.4, 0.5) is 15.8 Å². The molecule has 0 heterocycles. The molecule has 1 amide bonds. The maximum atomic E-state index is 14.0. The lowest BCUT2D eigenvalue weighted by Crippen LogP contribution is -2.29. The van der Waals surface area contributed by atoms with E-state index >= 15 is 0 Å². The molecule has 6 nitrogen and oxygen atoms in total. The monoisotopic (exact) mass is 474 g/mol. The minimum Gasteiger partial charge on any atom is -0.480 e. The van der Waals surface area contributed by atoms with Crippen molar-refractivity contribution in [3.8, 4) is 0 Å². The van der Waals surface area contributed by atoms with Gasteiger partial charge in [-0.05, 0) is 61.0 Å². The van der Waals surface area contributed by atoms with Gasteiger partial charge in [0.15, 0.2) is 5.78 Å². The van der Waals surface area contributed by atoms with E-state index in [-0.39, 0.29) is 32.4 Å². The Morgan fingerprint density at radius 3 is 2.38 bits per heavy atom. The van der Waals surface area contributed by atoms with Gasteiger partial charge in [0.2, 0.25) is 0 Å². The third kappa shape index (κ3) is 5.43. The molecule has 0 saturated carbocycles. The summed E-state index contributed by atoms with van der Waals surface area (Å²) in [6, 6.07) is 13.2. The molecule has 0 spiro atoms. The van der Waals surface area contributed by atoms with E-state index < -0.39 is 30.0 Å². The zero-order chi connectivity index (χ0) is 23.4. The minimum atomic E-state index is -1.18. The number of hydrogen-bond donors (Lipinski definition) is 3. The molecular weight excluding hydrogens is 458 g/mol. The summed E-state index contributed by atoms with van der Waals surface area (Å²) in [5.41, 5.74) is 1.87. The number of aryl methyl sites for hydroxylation is 1. The summed E-state index contributed by atoms with van der Waals surface area (Å²) in [7, 11) is 0. The van der Waals surface area contributed by atoms with E-state index in [4.69, 9.17) is 28.3 Å². The maximum absolute atomic E-state index is 14.0. The summed E-state index contributed by atoms with van der Waals surface area (Å²) >= 11 is 12.1. The molecule has 0 unspecified atom stereocenters. The number of amides is 1. The third-order valence-electron chi connectivity index (χ3n) is 4.57. The number of carboxylic acid groups (broad SMARTS) is 1. The van der Waals surface area contributed by atoms with Crippen LogP contribution in [-0.2, 0) is 4.79 Å². The summed E-state index contributed by atoms with van der Waals surface area (Å²) in [4.78, 5) is 35.9. The average Bonchev–Trinajstić information content (AvgIpc) is 2.74. The number of anilines is 2. The number of nitrogens with one attached hydrogen (secondary N) is 2. The molecular formula is C23H17Cl2FN2O4. The lowest BCUT2D eigenvalue weighted by atomic mass is 9.96. The van der Waals surface area contributed by atoms with Gasteiger partial charge in [0, 0.05) is 27.4 Å². The van der Waals surface area contributed by atoms with Gasteiger partial charge in [-0.2, -0.15) is 0 Å². The van der Waals surface area contributed by atoms with Crippen LogP contribution in [-0.4, -0.2) is 29.3 Å². The predicted molar refractivity (Wildman–Crippen MR) is 121 cm³/mol. The van der Waals surface area contributed by atoms with Crippen molar-refractivity contribution in [1.29, 1.82) is 0 Å². The summed E-state index contributed by atoms with van der Waals surface area (Å²) in [6.45, 7) is 1.17. The van der Waals surface area contributed by atoms with Crippen LogP contribution in [0.15, 0.2) is 54.6 Å². The first-order chi connectivity index (χ1) is 15.2. The van der Waals surface area contributed by atoms with E-state index in [1.165, 1.54) is 42.5 Å². The number of ketones is 1. The third-order valence-corrected chi connectivity index (χ3v) is 5.12. The van der Waals surface area contributed by atoms with Crippen molar-refractivity contribution in [2.75, 3.05) is 11.9 Å². The largest absolute Gasteiger partial charge is 0.480 e. The summed E-state index contributed by atoms with van der Waals surface area (Å²) in [5.74, 6) is -2.75. The highest BCUT2D eigenvalue weighted by molar-refractivity contribution is 6.35. The van der Waals surface area contributed by atoms with Crippen LogP contribution in [0.3, 0.4) is 0 Å². The summed E-state index contributed by atoms with van der Waals surface area (Å²) in [5, 5.41) is 14.2. The zero-order valence-electron chi connectivity index (χ0n) is 16.7. The number of aliphatic carboxylic acids is 1. The predicted octanol–water partition coefficient (Wildman–Crippen LogP) is 5.23. The Morgan fingerprint density at radius 1 is 0.969 bits per heavy atom. The highest BCUT2D eigenvalue weighted by Gasteiger charge is 2.18. The van der Waals surface area contributed by atoms with E-state index in [1.807, 2.05) is 0 Å². The fraction of sp³-hybridized carbons (Fsp3) is 0.0870. The Labute approximate surface area is 193 Å². The molecule has 0 aromatic heterocycles. The fourth-order valence-electron chi connectivity index (χ4n) is 2.93. The van der Waals surface area contributed by atoms with Crippen molar-refractivity contribution in [3.63, 3.8) is 0 Å². The van der Waals surface area contributed by atoms with Gasteiger partial charge in [-0.3, -0.25) is 14.4 Å². The number of halogens is 3. The van der Waals surface area contributed by atoms with E-state index in [0.29, 0.717) is 11.3 Å². The Morgan fingerprint density at radius 2 is 1.72 bits per heavy atom. The van der Waals surface area contributed by atoms with Crippen LogP contribution in [0.25, 0.3) is 0 Å². The quantitative estimate of drug-likeness (QED) is 0.407. The van der Waals surface area contributed by atoms with Gasteiger partial charge in [-0.15, -0.1) is 0 Å². The van der Waals surface area contributed by atoms with Gasteiger partial charge in [0.05, 0.1) is 10.7 Å². The van der Waals surface area contributed by atoms with Gasteiger partial charge >= 0.3 is 5.97 Å². The van der Waals surface area contributed by atoms with Crippen LogP contribution in [0.2, 0.25) is 10.0 Å². The Hall–Kier alpha value is -3.42. The normalized spacial score (nSPS) is 10.5. The number of carbonyl (C=O) groups excluding carboxylic acids is 2. The SMILES string of the molecule is Cc1ccc(C(=O)NCC(=O)O)cc1C(=O)c1ccc(Nc2ccc(Cl)cc2F)cc1Cl. The fourth-order valence-corrected chi connectivity index (χ4v) is 3.36. The molecule has 0 bridgehead atoms. The van der Waals surface area contributed by atoms with Crippen LogP contribution in [0.1, 0.15) is 31.8 Å². The van der Waals surface area contributed by atoms with Crippen molar-refractivity contribution < 1.29 is 23.9 Å². The highest BCUT2D eigenvalue weighted by atomic mass is 35.5. The minimum absolute atomic E-state index is 0.134. The molecule has 3 rings (SSSR count). The molecule has 0 aliphatic rings. The van der Waals surface area contributed by atoms with Crippen LogP contribution < -0.4 is 10.6 Å². The smallest absolute Gasteiger partial charge is 0.322 e. The molecule has 3 N–H and O–H groups in total. The second-order valence-electron chi connectivity index (χ2n) is 6.88. The second kappa shape index (κ2) is 9.80. The Balaban J connectivity index is 1.85.